The van der Waals surface area contributed by atoms with Crippen molar-refractivity contribution in [2.75, 3.05) is 58.8 Å². The lowest BCUT2D eigenvalue weighted by Gasteiger charge is -2.16. The van der Waals surface area contributed by atoms with Gasteiger partial charge in [-0.3, -0.25) is 9.13 Å². The van der Waals surface area contributed by atoms with Gasteiger partial charge in [-0.2, -0.15) is 0 Å². The molecule has 0 heterocycles. The maximum atomic E-state index is 12.3. The number of unbranched alkanes of at least 4 members (excludes halogenated alkanes) is 4. The van der Waals surface area contributed by atoms with E-state index in [1.807, 2.05) is 27.7 Å². The van der Waals surface area contributed by atoms with Crippen molar-refractivity contribution in [3.63, 3.8) is 0 Å². The monoisotopic (exact) mass is 460 g/mol. The summed E-state index contributed by atoms with van der Waals surface area (Å²) in [4.78, 5) is 0. The number of ether oxygens (including phenoxy) is 2. The molecular formula is C19H42O8P2. The highest BCUT2D eigenvalue weighted by molar-refractivity contribution is 7.54. The van der Waals surface area contributed by atoms with Gasteiger partial charge in [0.05, 0.1) is 38.8 Å². The summed E-state index contributed by atoms with van der Waals surface area (Å²) in [5.41, 5.74) is 0. The summed E-state index contributed by atoms with van der Waals surface area (Å²) in [6.45, 7) is 10.4. The zero-order valence-electron chi connectivity index (χ0n) is 18.8. The highest BCUT2D eigenvalue weighted by Gasteiger charge is 2.23. The third kappa shape index (κ3) is 16.6. The molecule has 0 bridgehead atoms. The molecule has 0 amide bonds. The fraction of sp³-hybridized carbons (Fsp3) is 1.00. The second-order valence-electron chi connectivity index (χ2n) is 6.40. The second kappa shape index (κ2) is 18.9. The third-order valence-electron chi connectivity index (χ3n) is 3.91. The predicted octanol–water partition coefficient (Wildman–Crippen LogP) is 5.85. The van der Waals surface area contributed by atoms with Crippen LogP contribution in [0.3, 0.4) is 0 Å². The molecule has 0 spiro atoms. The van der Waals surface area contributed by atoms with Crippen LogP contribution in [0.5, 0.6) is 0 Å². The smallest absolute Gasteiger partial charge is 0.330 e. The molecule has 0 aliphatic carbocycles. The Morgan fingerprint density at radius 2 is 0.862 bits per heavy atom. The van der Waals surface area contributed by atoms with Crippen LogP contribution in [0.1, 0.15) is 66.2 Å². The summed E-state index contributed by atoms with van der Waals surface area (Å²) in [6, 6.07) is 0. The van der Waals surface area contributed by atoms with Gasteiger partial charge in [-0.1, -0.05) is 12.8 Å². The molecule has 0 saturated carbocycles. The Kier molecular flexibility index (Phi) is 19.1. The van der Waals surface area contributed by atoms with Crippen LogP contribution in [-0.2, 0) is 36.7 Å². The summed E-state index contributed by atoms with van der Waals surface area (Å²) in [6.07, 6.45) is 6.05. The summed E-state index contributed by atoms with van der Waals surface area (Å²) < 4.78 is 56.5. The average Bonchev–Trinajstić information content (AvgIpc) is 2.66. The van der Waals surface area contributed by atoms with Gasteiger partial charge in [0.1, 0.15) is 6.79 Å². The van der Waals surface area contributed by atoms with Crippen molar-refractivity contribution in [2.24, 2.45) is 0 Å². The van der Waals surface area contributed by atoms with Crippen LogP contribution < -0.4 is 0 Å². The Hall–Kier alpha value is 0.220. The van der Waals surface area contributed by atoms with Gasteiger partial charge in [-0.15, -0.1) is 0 Å². The number of hydrogen-bond donors (Lipinski definition) is 0. The van der Waals surface area contributed by atoms with Gasteiger partial charge in [-0.25, -0.2) is 0 Å². The highest BCUT2D eigenvalue weighted by atomic mass is 31.2. The molecule has 0 saturated heterocycles. The molecule has 0 unspecified atom stereocenters. The number of hydrogen-bond acceptors (Lipinski definition) is 8. The lowest BCUT2D eigenvalue weighted by atomic mass is 10.3. The van der Waals surface area contributed by atoms with Crippen LogP contribution in [0.2, 0.25) is 0 Å². The zero-order valence-corrected chi connectivity index (χ0v) is 20.6. The van der Waals surface area contributed by atoms with Crippen LogP contribution in [0.15, 0.2) is 0 Å². The highest BCUT2D eigenvalue weighted by Crippen LogP contribution is 2.49. The normalized spacial score (nSPS) is 12.6. The fourth-order valence-electron chi connectivity index (χ4n) is 2.67. The molecular weight excluding hydrogens is 418 g/mol. The number of rotatable bonds is 22. The first-order valence-electron chi connectivity index (χ1n) is 10.9. The molecule has 8 nitrogen and oxygen atoms in total. The molecule has 0 radical (unpaired) electrons. The van der Waals surface area contributed by atoms with E-state index < -0.39 is 15.2 Å². The minimum absolute atomic E-state index is 0.271. The first kappa shape index (κ1) is 29.2. The lowest BCUT2D eigenvalue weighted by Crippen LogP contribution is -2.04. The Bertz CT molecular complexity index is 401. The van der Waals surface area contributed by atoms with Crippen molar-refractivity contribution in [1.29, 1.82) is 0 Å². The average molecular weight is 460 g/mol. The van der Waals surface area contributed by atoms with Crippen LogP contribution >= 0.6 is 15.2 Å². The largest absolute Gasteiger partial charge is 0.355 e. The van der Waals surface area contributed by atoms with Crippen LogP contribution in [-0.4, -0.2) is 58.8 Å². The Morgan fingerprint density at radius 3 is 1.17 bits per heavy atom. The van der Waals surface area contributed by atoms with Crippen molar-refractivity contribution in [2.45, 2.75) is 66.2 Å². The van der Waals surface area contributed by atoms with Crippen molar-refractivity contribution in [3.05, 3.63) is 0 Å². The molecule has 0 N–H and O–H groups in total. The minimum Gasteiger partial charge on any atom is -0.355 e. The maximum absolute atomic E-state index is 12.3. The predicted molar refractivity (Wildman–Crippen MR) is 116 cm³/mol. The minimum atomic E-state index is -2.92. The van der Waals surface area contributed by atoms with Gasteiger partial charge in [0.25, 0.3) is 0 Å². The van der Waals surface area contributed by atoms with E-state index >= 15 is 0 Å². The summed E-state index contributed by atoms with van der Waals surface area (Å²) in [7, 11) is -5.83. The van der Waals surface area contributed by atoms with Gasteiger partial charge in [-0.05, 0) is 53.4 Å². The van der Waals surface area contributed by atoms with Gasteiger partial charge in [0, 0.05) is 13.2 Å². The molecule has 0 rings (SSSR count). The molecule has 0 aromatic heterocycles. The summed E-state index contributed by atoms with van der Waals surface area (Å²) in [5.74, 6) is 0. The Morgan fingerprint density at radius 1 is 0.517 bits per heavy atom. The van der Waals surface area contributed by atoms with E-state index in [4.69, 9.17) is 27.6 Å². The van der Waals surface area contributed by atoms with E-state index in [2.05, 4.69) is 0 Å². The van der Waals surface area contributed by atoms with Crippen molar-refractivity contribution < 1.29 is 36.7 Å². The first-order chi connectivity index (χ1) is 13.9. The molecule has 0 atom stereocenters. The standard InChI is InChI=1S/C19H42O8P2/c1-5-24-28(20,25-6-2)17-13-9-11-15-22-19-23-16-12-10-14-18-29(21,26-7-3)27-8-4/h5-19H2,1-4H3. The molecule has 0 aromatic rings. The topological polar surface area (TPSA) is 89.5 Å². The Balaban J connectivity index is 3.54. The maximum Gasteiger partial charge on any atom is 0.330 e. The SMILES string of the molecule is CCOP(=O)(CCCCCOCOCCCCCP(=O)(OCC)OCC)OCC. The van der Waals surface area contributed by atoms with E-state index in [0.29, 0.717) is 52.0 Å². The summed E-state index contributed by atoms with van der Waals surface area (Å²) >= 11 is 0. The van der Waals surface area contributed by atoms with Gasteiger partial charge in [0.15, 0.2) is 0 Å². The van der Waals surface area contributed by atoms with Gasteiger partial charge in [0.2, 0.25) is 0 Å². The molecule has 0 aromatic carbocycles. The third-order valence-corrected chi connectivity index (χ3v) is 8.25. The quantitative estimate of drug-likeness (QED) is 0.113. The molecule has 10 heteroatoms. The molecule has 0 aliphatic rings. The molecule has 0 aliphatic heterocycles. The molecule has 0 fully saturated rings. The summed E-state index contributed by atoms with van der Waals surface area (Å²) in [5, 5.41) is 0. The first-order valence-corrected chi connectivity index (χ1v) is 14.3. The van der Waals surface area contributed by atoms with E-state index in [1.54, 1.807) is 0 Å². The molecule has 29 heavy (non-hydrogen) atoms. The van der Waals surface area contributed by atoms with Crippen molar-refractivity contribution >= 4 is 15.2 Å². The zero-order chi connectivity index (χ0) is 21.8. The van der Waals surface area contributed by atoms with E-state index in [9.17, 15) is 9.13 Å². The van der Waals surface area contributed by atoms with E-state index in [0.717, 1.165) is 38.5 Å². The molecule has 176 valence electrons. The van der Waals surface area contributed by atoms with Crippen molar-refractivity contribution in [1.82, 2.24) is 0 Å². The van der Waals surface area contributed by atoms with Crippen LogP contribution in [0.4, 0.5) is 0 Å². The van der Waals surface area contributed by atoms with Crippen molar-refractivity contribution in [3.8, 4) is 0 Å². The second-order valence-corrected chi connectivity index (χ2v) is 10.8. The van der Waals surface area contributed by atoms with Crippen LogP contribution in [0, 0.1) is 0 Å². The van der Waals surface area contributed by atoms with E-state index in [1.165, 1.54) is 0 Å². The Labute approximate surface area is 177 Å². The van der Waals surface area contributed by atoms with Gasteiger partial charge >= 0.3 is 15.2 Å². The van der Waals surface area contributed by atoms with Gasteiger partial charge < -0.3 is 27.6 Å². The van der Waals surface area contributed by atoms with Crippen LogP contribution in [0.25, 0.3) is 0 Å². The lowest BCUT2D eigenvalue weighted by molar-refractivity contribution is -0.0554. The fourth-order valence-corrected chi connectivity index (χ4v) is 6.13. The van der Waals surface area contributed by atoms with E-state index in [-0.39, 0.29) is 6.79 Å².